The van der Waals surface area contributed by atoms with E-state index in [4.69, 9.17) is 5.11 Å². The van der Waals surface area contributed by atoms with Gasteiger partial charge in [-0.05, 0) is 12.8 Å². The maximum absolute atomic E-state index is 10.1. The first kappa shape index (κ1) is 11.2. The highest BCUT2D eigenvalue weighted by molar-refractivity contribution is 8.48. The molecule has 0 saturated carbocycles. The molecule has 0 rings (SSSR count). The quantitative estimate of drug-likeness (QED) is 0.403. The maximum Gasteiger partial charge on any atom is 0.380 e. The molecule has 0 bridgehead atoms. The number of aliphatic hydroxyl groups is 1. The Bertz CT molecular complexity index is 150. The minimum atomic E-state index is -2.49. The fourth-order valence-corrected chi connectivity index (χ4v) is 2.10. The number of hydrogen-bond acceptors (Lipinski definition) is 4. The third kappa shape index (κ3) is 8.11. The molecule has 3 nitrogen and oxygen atoms in total. The van der Waals surface area contributed by atoms with Crippen LogP contribution in [0.25, 0.3) is 0 Å². The minimum Gasteiger partial charge on any atom is -0.382 e. The van der Waals surface area contributed by atoms with E-state index < -0.39 is 12.3 Å². The van der Waals surface area contributed by atoms with Gasteiger partial charge in [0.15, 0.2) is 0 Å². The molecule has 0 spiro atoms. The van der Waals surface area contributed by atoms with Gasteiger partial charge >= 0.3 is 6.88 Å². The van der Waals surface area contributed by atoms with Crippen LogP contribution in [0.15, 0.2) is 0 Å². The lowest BCUT2D eigenvalue weighted by molar-refractivity contribution is 0.249. The van der Waals surface area contributed by atoms with Crippen molar-refractivity contribution in [3.05, 3.63) is 0 Å². The van der Waals surface area contributed by atoms with Gasteiger partial charge in [0.1, 0.15) is 5.44 Å². The van der Waals surface area contributed by atoms with E-state index in [2.05, 4.69) is 6.92 Å². The Labute approximate surface area is 71.1 Å². The van der Waals surface area contributed by atoms with Crippen LogP contribution in [0.5, 0.6) is 0 Å². The highest BCUT2D eigenvalue weighted by Crippen LogP contribution is 2.31. The summed E-state index contributed by atoms with van der Waals surface area (Å²) in [5.74, 6) is 0. The van der Waals surface area contributed by atoms with Crippen LogP contribution in [0, 0.1) is 0 Å². The van der Waals surface area contributed by atoms with Gasteiger partial charge in [-0.15, -0.1) is 0 Å². The second kappa shape index (κ2) is 6.89. The van der Waals surface area contributed by atoms with Crippen molar-refractivity contribution in [3.63, 3.8) is 0 Å². The van der Waals surface area contributed by atoms with Crippen LogP contribution in [0.3, 0.4) is 0 Å². The zero-order valence-electron chi connectivity index (χ0n) is 6.52. The van der Waals surface area contributed by atoms with Crippen molar-refractivity contribution in [3.8, 4) is 0 Å². The van der Waals surface area contributed by atoms with Crippen molar-refractivity contribution in [1.29, 1.82) is 0 Å². The summed E-state index contributed by atoms with van der Waals surface area (Å²) in [6.07, 6.45) is 3.60. The largest absolute Gasteiger partial charge is 0.382 e. The molecule has 0 heterocycles. The van der Waals surface area contributed by atoms with Gasteiger partial charge in [0.25, 0.3) is 0 Å². The minimum absolute atomic E-state index is 0.571. The summed E-state index contributed by atoms with van der Waals surface area (Å²) < 4.78 is 20.2. The van der Waals surface area contributed by atoms with E-state index >= 15 is 0 Å². The molecule has 1 atom stereocenters. The van der Waals surface area contributed by atoms with Crippen molar-refractivity contribution < 1.29 is 14.2 Å². The van der Waals surface area contributed by atoms with Crippen LogP contribution in [0.1, 0.15) is 32.6 Å². The number of hydrogen-bond donors (Lipinski definition) is 1. The van der Waals surface area contributed by atoms with Gasteiger partial charge in [-0.25, -0.2) is 9.13 Å². The van der Waals surface area contributed by atoms with Crippen LogP contribution >= 0.6 is 18.3 Å². The molecule has 11 heavy (non-hydrogen) atoms. The Hall–Kier alpha value is 0.210. The fraction of sp³-hybridized carbons (Fsp3) is 1.00. The van der Waals surface area contributed by atoms with E-state index in [1.54, 1.807) is 0 Å². The molecule has 0 aliphatic rings. The zero-order valence-corrected chi connectivity index (χ0v) is 8.24. The van der Waals surface area contributed by atoms with E-state index in [1.165, 1.54) is 0 Å². The molecule has 1 unspecified atom stereocenters. The van der Waals surface area contributed by atoms with Crippen LogP contribution < -0.4 is 0 Å². The Morgan fingerprint density at radius 3 is 2.55 bits per heavy atom. The van der Waals surface area contributed by atoms with Gasteiger partial charge in [0, 0.05) is 11.4 Å². The summed E-state index contributed by atoms with van der Waals surface area (Å²) >= 11 is 0.614. The highest BCUT2D eigenvalue weighted by atomic mass is 32.7. The Kier molecular flexibility index (Phi) is 7.02. The highest BCUT2D eigenvalue weighted by Gasteiger charge is 2.06. The molecule has 0 aromatic carbocycles. The topological polar surface area (TPSA) is 54.4 Å². The van der Waals surface area contributed by atoms with Crippen molar-refractivity contribution in [2.75, 3.05) is 0 Å². The fourth-order valence-electron chi connectivity index (χ4n) is 0.721. The van der Waals surface area contributed by atoms with Crippen LogP contribution in [0.4, 0.5) is 0 Å². The van der Waals surface area contributed by atoms with E-state index in [9.17, 15) is 9.13 Å². The normalized spacial score (nSPS) is 12.9. The third-order valence-electron chi connectivity index (χ3n) is 1.26. The lowest BCUT2D eigenvalue weighted by atomic mass is 10.2. The molecular formula is C6H13O3PS. The molecule has 0 amide bonds. The number of aliphatic hydroxyl groups excluding tert-OH is 1. The lowest BCUT2D eigenvalue weighted by Gasteiger charge is -2.02. The predicted molar refractivity (Wildman–Crippen MR) is 46.0 cm³/mol. The number of unbranched alkanes of at least 4 members (excludes halogenated alkanes) is 2. The molecule has 0 radical (unpaired) electrons. The van der Waals surface area contributed by atoms with E-state index in [1.807, 2.05) is 0 Å². The van der Waals surface area contributed by atoms with Crippen molar-refractivity contribution in [2.45, 2.75) is 38.0 Å². The molecule has 0 fully saturated rings. The summed E-state index contributed by atoms with van der Waals surface area (Å²) in [5, 5.41) is 9.03. The summed E-state index contributed by atoms with van der Waals surface area (Å²) in [4.78, 5) is 0. The monoisotopic (exact) mass is 196 g/mol. The van der Waals surface area contributed by atoms with Crippen molar-refractivity contribution in [1.82, 2.24) is 0 Å². The Morgan fingerprint density at radius 1 is 1.45 bits per heavy atom. The van der Waals surface area contributed by atoms with Crippen LogP contribution in [-0.2, 0) is 9.13 Å². The molecule has 0 aromatic heterocycles. The molecule has 1 N–H and O–H groups in total. The zero-order chi connectivity index (χ0) is 8.69. The van der Waals surface area contributed by atoms with E-state index in [0.29, 0.717) is 17.8 Å². The predicted octanol–water partition coefficient (Wildman–Crippen LogP) is 2.71. The van der Waals surface area contributed by atoms with Crippen molar-refractivity contribution in [2.24, 2.45) is 0 Å². The van der Waals surface area contributed by atoms with Gasteiger partial charge in [-0.1, -0.05) is 19.8 Å². The molecule has 0 saturated heterocycles. The summed E-state index contributed by atoms with van der Waals surface area (Å²) in [5.41, 5.74) is -0.734. The molecule has 0 aromatic rings. The molecule has 66 valence electrons. The SMILES string of the molecule is CCCCCC(O)SP(=O)=O. The second-order valence-electron chi connectivity index (χ2n) is 2.28. The second-order valence-corrected chi connectivity index (χ2v) is 5.01. The Balaban J connectivity index is 3.29. The van der Waals surface area contributed by atoms with Gasteiger partial charge in [-0.2, -0.15) is 0 Å². The first-order valence-electron chi connectivity index (χ1n) is 3.66. The van der Waals surface area contributed by atoms with Crippen LogP contribution in [0.2, 0.25) is 0 Å². The summed E-state index contributed by atoms with van der Waals surface area (Å²) in [7, 11) is 0. The first-order chi connectivity index (χ1) is 5.16. The summed E-state index contributed by atoms with van der Waals surface area (Å²) in [6, 6.07) is 0. The van der Waals surface area contributed by atoms with E-state index in [-0.39, 0.29) is 0 Å². The van der Waals surface area contributed by atoms with E-state index in [0.717, 1.165) is 19.3 Å². The summed E-state index contributed by atoms with van der Waals surface area (Å²) in [6.45, 7) is -0.431. The average Bonchev–Trinajstić information content (AvgIpc) is 1.86. The smallest absolute Gasteiger partial charge is 0.380 e. The standard InChI is InChI=1S/C6H13O3PS/c1-2-3-4-5-6(7)11-10(8)9/h6-7H,2-5H2,1H3. The van der Waals surface area contributed by atoms with Crippen molar-refractivity contribution >= 4 is 18.3 Å². The first-order valence-corrected chi connectivity index (χ1v) is 6.32. The lowest BCUT2D eigenvalue weighted by Crippen LogP contribution is -1.97. The molecule has 5 heteroatoms. The van der Waals surface area contributed by atoms with Gasteiger partial charge in [0.05, 0.1) is 0 Å². The molecule has 0 aliphatic heterocycles. The molecular weight excluding hydrogens is 183 g/mol. The van der Waals surface area contributed by atoms with Gasteiger partial charge in [0.2, 0.25) is 0 Å². The van der Waals surface area contributed by atoms with Gasteiger partial charge in [-0.3, -0.25) is 0 Å². The molecule has 0 aliphatic carbocycles. The van der Waals surface area contributed by atoms with Gasteiger partial charge < -0.3 is 5.11 Å². The third-order valence-corrected chi connectivity index (χ3v) is 3.16. The average molecular weight is 196 g/mol. The Morgan fingerprint density at radius 2 is 2.09 bits per heavy atom. The maximum atomic E-state index is 10.1. The van der Waals surface area contributed by atoms with Crippen LogP contribution in [-0.4, -0.2) is 10.5 Å². The number of rotatable bonds is 6.